The maximum Gasteiger partial charge on any atom is 0.252 e. The molecule has 35 heavy (non-hydrogen) atoms. The van der Waals surface area contributed by atoms with E-state index in [2.05, 4.69) is 73.7 Å². The predicted octanol–water partition coefficient (Wildman–Crippen LogP) is 5.01. The summed E-state index contributed by atoms with van der Waals surface area (Å²) in [6.07, 6.45) is 4.39. The number of fused-ring (bicyclic) bond motifs is 1. The lowest BCUT2D eigenvalue weighted by Gasteiger charge is -2.33. The SMILES string of the molecule is C=c1[nH]c2cc(Sc3ccccc3C(=O)NC)ccc2/c1=C1/C=C(N(CCC)CCC)C(C)(C)O1. The lowest BCUT2D eigenvalue weighted by atomic mass is 10.0. The van der Waals surface area contributed by atoms with Gasteiger partial charge in [0.1, 0.15) is 11.4 Å². The first kappa shape index (κ1) is 25.0. The van der Waals surface area contributed by atoms with E-state index in [9.17, 15) is 4.79 Å². The van der Waals surface area contributed by atoms with Gasteiger partial charge >= 0.3 is 0 Å². The number of hydrogen-bond acceptors (Lipinski definition) is 4. The van der Waals surface area contributed by atoms with Crippen LogP contribution < -0.4 is 15.9 Å². The molecule has 2 heterocycles. The summed E-state index contributed by atoms with van der Waals surface area (Å²) in [7, 11) is 1.65. The first-order chi connectivity index (χ1) is 16.8. The monoisotopic (exact) mass is 489 g/mol. The van der Waals surface area contributed by atoms with E-state index in [1.165, 1.54) is 5.70 Å². The summed E-state index contributed by atoms with van der Waals surface area (Å²) < 4.78 is 6.52. The van der Waals surface area contributed by atoms with E-state index >= 15 is 0 Å². The van der Waals surface area contributed by atoms with Crippen LogP contribution in [-0.4, -0.2) is 41.5 Å². The van der Waals surface area contributed by atoms with Crippen molar-refractivity contribution in [2.75, 3.05) is 20.1 Å². The highest BCUT2D eigenvalue weighted by molar-refractivity contribution is 7.99. The number of benzene rings is 2. The van der Waals surface area contributed by atoms with E-state index in [1.807, 2.05) is 24.3 Å². The van der Waals surface area contributed by atoms with Gasteiger partial charge in [0.15, 0.2) is 0 Å². The van der Waals surface area contributed by atoms with Gasteiger partial charge in [-0.2, -0.15) is 0 Å². The molecule has 1 aromatic heterocycles. The maximum absolute atomic E-state index is 12.3. The molecule has 2 aromatic carbocycles. The van der Waals surface area contributed by atoms with Crippen molar-refractivity contribution in [3.63, 3.8) is 0 Å². The average molecular weight is 490 g/mol. The maximum atomic E-state index is 12.3. The van der Waals surface area contributed by atoms with E-state index in [4.69, 9.17) is 4.74 Å². The molecule has 5 nitrogen and oxygen atoms in total. The van der Waals surface area contributed by atoms with E-state index in [-0.39, 0.29) is 5.91 Å². The van der Waals surface area contributed by atoms with Crippen molar-refractivity contribution in [2.45, 2.75) is 55.9 Å². The Morgan fingerprint density at radius 1 is 1.14 bits per heavy atom. The van der Waals surface area contributed by atoms with Crippen molar-refractivity contribution in [3.8, 4) is 0 Å². The minimum atomic E-state index is -0.394. The molecule has 0 bridgehead atoms. The van der Waals surface area contributed by atoms with Gasteiger partial charge in [0.2, 0.25) is 0 Å². The van der Waals surface area contributed by atoms with Crippen molar-refractivity contribution >= 4 is 40.9 Å². The summed E-state index contributed by atoms with van der Waals surface area (Å²) in [4.78, 5) is 20.1. The fraction of sp³-hybridized carbons (Fsp3) is 0.345. The van der Waals surface area contributed by atoms with Crippen LogP contribution >= 0.6 is 11.8 Å². The summed E-state index contributed by atoms with van der Waals surface area (Å²) in [5.74, 6) is 0.778. The number of nitrogens with zero attached hydrogens (tertiary/aromatic N) is 1. The molecular formula is C29H35N3O2S. The number of aromatic nitrogens is 1. The number of nitrogens with one attached hydrogen (secondary N) is 2. The third kappa shape index (κ3) is 4.98. The van der Waals surface area contributed by atoms with Gasteiger partial charge < -0.3 is 19.9 Å². The summed E-state index contributed by atoms with van der Waals surface area (Å²) in [6.45, 7) is 15.0. The topological polar surface area (TPSA) is 57.4 Å². The molecule has 1 aliphatic heterocycles. The molecule has 2 N–H and O–H groups in total. The lowest BCUT2D eigenvalue weighted by molar-refractivity contribution is 0.0956. The second-order valence-corrected chi connectivity index (χ2v) is 10.5. The zero-order valence-electron chi connectivity index (χ0n) is 21.3. The Hall–Kier alpha value is -3.12. The number of ether oxygens (including phenoxy) is 1. The number of amides is 1. The van der Waals surface area contributed by atoms with Crippen LogP contribution in [0.4, 0.5) is 0 Å². The summed E-state index contributed by atoms with van der Waals surface area (Å²) in [6, 6.07) is 14.0. The predicted molar refractivity (Wildman–Crippen MR) is 146 cm³/mol. The fourth-order valence-corrected chi connectivity index (χ4v) is 5.71. The van der Waals surface area contributed by atoms with Crippen molar-refractivity contribution in [2.24, 2.45) is 0 Å². The number of carbonyl (C=O) groups excluding carboxylic acids is 1. The Morgan fingerprint density at radius 3 is 2.54 bits per heavy atom. The molecule has 0 fully saturated rings. The van der Waals surface area contributed by atoms with Crippen LogP contribution in [0, 0.1) is 0 Å². The van der Waals surface area contributed by atoms with Crippen LogP contribution in [0.5, 0.6) is 0 Å². The summed E-state index contributed by atoms with van der Waals surface area (Å²) in [5.41, 5.74) is 2.50. The first-order valence-electron chi connectivity index (χ1n) is 12.3. The van der Waals surface area contributed by atoms with Crippen molar-refractivity contribution in [1.82, 2.24) is 15.2 Å². The lowest BCUT2D eigenvalue weighted by Crippen LogP contribution is -2.36. The number of carbonyl (C=O) groups is 1. The average Bonchev–Trinajstić information content (AvgIpc) is 3.32. The Kier molecular flexibility index (Phi) is 7.31. The molecule has 0 atom stereocenters. The van der Waals surface area contributed by atoms with Crippen molar-refractivity contribution in [3.05, 3.63) is 70.4 Å². The van der Waals surface area contributed by atoms with Crippen LogP contribution in [0.3, 0.4) is 0 Å². The molecule has 0 saturated heterocycles. The minimum absolute atomic E-state index is 0.0865. The van der Waals surface area contributed by atoms with Gasteiger partial charge in [-0.1, -0.05) is 50.4 Å². The van der Waals surface area contributed by atoms with Gasteiger partial charge in [-0.15, -0.1) is 0 Å². The number of hydrogen-bond donors (Lipinski definition) is 2. The molecule has 4 rings (SSSR count). The standard InChI is InChI=1S/C29H35N3O2S/c1-7-15-32(16-8-2)26-18-24(34-29(26,4)5)27-19(3)31-23-17-20(13-14-21(23)27)35-25-12-10-9-11-22(25)28(33)30-6/h9-14,17-18,31H,3,7-8,15-16H2,1-2,4-6H3,(H,30,33)/b27-24-. The van der Waals surface area contributed by atoms with Gasteiger partial charge in [-0.05, 0) is 51.0 Å². The fourth-order valence-electron chi connectivity index (χ4n) is 4.72. The van der Waals surface area contributed by atoms with E-state index in [1.54, 1.807) is 18.8 Å². The smallest absolute Gasteiger partial charge is 0.252 e. The van der Waals surface area contributed by atoms with Gasteiger partial charge in [0.25, 0.3) is 5.91 Å². The molecule has 3 aromatic rings. The normalized spacial score (nSPS) is 16.2. The third-order valence-corrected chi connectivity index (χ3v) is 7.32. The van der Waals surface area contributed by atoms with Gasteiger partial charge in [-0.25, -0.2) is 0 Å². The Bertz CT molecular complexity index is 1380. The molecule has 1 amide bonds. The van der Waals surface area contributed by atoms with Gasteiger partial charge in [0, 0.05) is 57.5 Å². The molecule has 1 aliphatic rings. The van der Waals surface area contributed by atoms with Crippen LogP contribution in [-0.2, 0) is 4.74 Å². The summed E-state index contributed by atoms with van der Waals surface area (Å²) in [5, 5.41) is 5.66. The largest absolute Gasteiger partial charge is 0.481 e. The van der Waals surface area contributed by atoms with E-state index in [0.717, 1.165) is 63.0 Å². The highest BCUT2D eigenvalue weighted by Gasteiger charge is 2.35. The van der Waals surface area contributed by atoms with Gasteiger partial charge in [0.05, 0.1) is 11.3 Å². The van der Waals surface area contributed by atoms with Crippen LogP contribution in [0.15, 0.2) is 64.0 Å². The second-order valence-electron chi connectivity index (χ2n) is 9.36. The van der Waals surface area contributed by atoms with Gasteiger partial charge in [-0.3, -0.25) is 4.79 Å². The molecule has 184 valence electrons. The highest BCUT2D eigenvalue weighted by atomic mass is 32.2. The quantitative estimate of drug-likeness (QED) is 0.467. The molecule has 0 unspecified atom stereocenters. The molecule has 0 saturated carbocycles. The molecule has 0 spiro atoms. The van der Waals surface area contributed by atoms with Crippen molar-refractivity contribution < 1.29 is 9.53 Å². The van der Waals surface area contributed by atoms with Crippen LogP contribution in [0.25, 0.3) is 23.2 Å². The molecular weight excluding hydrogens is 454 g/mol. The highest BCUT2D eigenvalue weighted by Crippen LogP contribution is 2.36. The zero-order chi connectivity index (χ0) is 25.2. The van der Waals surface area contributed by atoms with Crippen molar-refractivity contribution in [1.29, 1.82) is 0 Å². The second kappa shape index (κ2) is 10.2. The van der Waals surface area contributed by atoms with E-state index in [0.29, 0.717) is 5.56 Å². The third-order valence-electron chi connectivity index (χ3n) is 6.26. The molecule has 6 heteroatoms. The first-order valence-corrected chi connectivity index (χ1v) is 13.1. The Labute approximate surface area is 211 Å². The minimum Gasteiger partial charge on any atom is -0.481 e. The number of H-pyrrole nitrogens is 1. The van der Waals surface area contributed by atoms with Crippen LogP contribution in [0.1, 0.15) is 50.9 Å². The Balaban J connectivity index is 1.76. The molecule has 0 radical (unpaired) electrons. The molecule has 0 aliphatic carbocycles. The van der Waals surface area contributed by atoms with E-state index < -0.39 is 5.60 Å². The summed E-state index contributed by atoms with van der Waals surface area (Å²) >= 11 is 1.58. The zero-order valence-corrected chi connectivity index (χ0v) is 22.1. The number of aromatic amines is 1. The number of rotatable bonds is 8. The Morgan fingerprint density at radius 2 is 1.86 bits per heavy atom. The van der Waals surface area contributed by atoms with Crippen LogP contribution in [0.2, 0.25) is 0 Å².